The first-order chi connectivity index (χ1) is 13.5. The van der Waals surface area contributed by atoms with Gasteiger partial charge in [0.25, 0.3) is 0 Å². The fraction of sp³-hybridized carbons (Fsp3) is 0.318. The summed E-state index contributed by atoms with van der Waals surface area (Å²) in [7, 11) is 1.88. The van der Waals surface area contributed by atoms with Gasteiger partial charge in [0.2, 0.25) is 0 Å². The summed E-state index contributed by atoms with van der Waals surface area (Å²) in [5.74, 6) is 0.711. The number of anilines is 1. The number of halogens is 1. The quantitative estimate of drug-likeness (QED) is 0.520. The SMILES string of the molecule is CCc1cccc(C)c1CNc1cc(-c2ncn(C)n2)cn2c(C)c(C)nc12.Cl. The molecule has 0 atom stereocenters. The monoisotopic (exact) mass is 410 g/mol. The molecule has 0 aliphatic heterocycles. The van der Waals surface area contributed by atoms with Crippen LogP contribution in [0, 0.1) is 20.8 Å². The summed E-state index contributed by atoms with van der Waals surface area (Å²) >= 11 is 0. The Kier molecular flexibility index (Phi) is 5.94. The molecule has 0 aliphatic rings. The highest BCUT2D eigenvalue weighted by atomic mass is 35.5. The van der Waals surface area contributed by atoms with Crippen molar-refractivity contribution < 1.29 is 0 Å². The molecule has 3 heterocycles. The van der Waals surface area contributed by atoms with Crippen molar-refractivity contribution >= 4 is 23.7 Å². The maximum atomic E-state index is 4.78. The number of fused-ring (bicyclic) bond motifs is 1. The molecule has 29 heavy (non-hydrogen) atoms. The number of benzene rings is 1. The molecule has 0 radical (unpaired) electrons. The molecular formula is C22H27ClN6. The molecule has 0 aliphatic carbocycles. The van der Waals surface area contributed by atoms with E-state index in [9.17, 15) is 0 Å². The van der Waals surface area contributed by atoms with Crippen LogP contribution in [0.1, 0.15) is 35.0 Å². The zero-order valence-electron chi connectivity index (χ0n) is 17.5. The predicted molar refractivity (Wildman–Crippen MR) is 120 cm³/mol. The highest BCUT2D eigenvalue weighted by molar-refractivity contribution is 5.85. The van der Waals surface area contributed by atoms with Crippen molar-refractivity contribution in [2.45, 2.75) is 40.7 Å². The van der Waals surface area contributed by atoms with Crippen LogP contribution in [-0.4, -0.2) is 24.1 Å². The van der Waals surface area contributed by atoms with Crippen LogP contribution in [0.4, 0.5) is 5.69 Å². The van der Waals surface area contributed by atoms with E-state index in [0.29, 0.717) is 5.82 Å². The minimum Gasteiger partial charge on any atom is -0.378 e. The number of aryl methyl sites for hydroxylation is 5. The second-order valence-corrected chi connectivity index (χ2v) is 7.28. The van der Waals surface area contributed by atoms with Crippen molar-refractivity contribution in [1.29, 1.82) is 0 Å². The van der Waals surface area contributed by atoms with Gasteiger partial charge in [0.15, 0.2) is 11.5 Å². The van der Waals surface area contributed by atoms with Crippen LogP contribution in [0.15, 0.2) is 36.8 Å². The Labute approximate surface area is 177 Å². The van der Waals surface area contributed by atoms with Gasteiger partial charge in [0.1, 0.15) is 6.33 Å². The zero-order chi connectivity index (χ0) is 19.8. The van der Waals surface area contributed by atoms with Crippen LogP contribution in [0.3, 0.4) is 0 Å². The second kappa shape index (κ2) is 8.25. The van der Waals surface area contributed by atoms with Gasteiger partial charge in [-0.3, -0.25) is 4.68 Å². The number of nitrogens with zero attached hydrogens (tertiary/aromatic N) is 5. The fourth-order valence-corrected chi connectivity index (χ4v) is 3.63. The van der Waals surface area contributed by atoms with Crippen LogP contribution in [-0.2, 0) is 20.0 Å². The average Bonchev–Trinajstić information content (AvgIpc) is 3.24. The first-order valence-electron chi connectivity index (χ1n) is 9.64. The van der Waals surface area contributed by atoms with E-state index in [0.717, 1.165) is 41.3 Å². The van der Waals surface area contributed by atoms with E-state index in [1.165, 1.54) is 16.7 Å². The molecule has 6 nitrogen and oxygen atoms in total. The average molecular weight is 411 g/mol. The first kappa shape index (κ1) is 20.9. The van der Waals surface area contributed by atoms with Crippen molar-refractivity contribution in [3.8, 4) is 11.4 Å². The number of hydrogen-bond donors (Lipinski definition) is 1. The number of imidazole rings is 1. The third-order valence-corrected chi connectivity index (χ3v) is 5.40. The summed E-state index contributed by atoms with van der Waals surface area (Å²) in [6.07, 6.45) is 4.81. The third kappa shape index (κ3) is 3.85. The first-order valence-corrected chi connectivity index (χ1v) is 9.64. The van der Waals surface area contributed by atoms with Gasteiger partial charge in [-0.05, 0) is 49.9 Å². The smallest absolute Gasteiger partial charge is 0.182 e. The molecule has 7 heteroatoms. The van der Waals surface area contributed by atoms with E-state index < -0.39 is 0 Å². The van der Waals surface area contributed by atoms with Gasteiger partial charge in [-0.15, -0.1) is 12.4 Å². The normalized spacial score (nSPS) is 10.9. The molecule has 0 saturated carbocycles. The van der Waals surface area contributed by atoms with E-state index in [4.69, 9.17) is 4.98 Å². The van der Waals surface area contributed by atoms with Gasteiger partial charge in [0, 0.05) is 31.0 Å². The summed E-state index contributed by atoms with van der Waals surface area (Å²) in [5.41, 5.74) is 9.08. The minimum absolute atomic E-state index is 0. The van der Waals surface area contributed by atoms with Crippen LogP contribution in [0.2, 0.25) is 0 Å². The largest absolute Gasteiger partial charge is 0.378 e. The molecule has 152 valence electrons. The zero-order valence-corrected chi connectivity index (χ0v) is 18.3. The fourth-order valence-electron chi connectivity index (χ4n) is 3.63. The van der Waals surface area contributed by atoms with E-state index in [1.807, 2.05) is 14.0 Å². The number of aromatic nitrogens is 5. The predicted octanol–water partition coefficient (Wildman–Crippen LogP) is 4.65. The summed E-state index contributed by atoms with van der Waals surface area (Å²) < 4.78 is 3.85. The van der Waals surface area contributed by atoms with Crippen molar-refractivity contribution in [3.63, 3.8) is 0 Å². The molecule has 0 fully saturated rings. The van der Waals surface area contributed by atoms with Crippen LogP contribution in [0.5, 0.6) is 0 Å². The molecule has 0 spiro atoms. The van der Waals surface area contributed by atoms with E-state index in [2.05, 4.69) is 71.0 Å². The number of nitrogens with one attached hydrogen (secondary N) is 1. The topological polar surface area (TPSA) is 60.0 Å². The standard InChI is InChI=1S/C22H26N6.ClH/c1-6-17-9-7-8-14(2)19(17)11-23-20-10-18(21-24-13-27(5)26-21)12-28-16(4)15(3)25-22(20)28;/h7-10,12-13,23H,6,11H2,1-5H3;1H. The lowest BCUT2D eigenvalue weighted by Gasteiger charge is -2.15. The Balaban J connectivity index is 0.00000240. The van der Waals surface area contributed by atoms with Crippen molar-refractivity contribution in [1.82, 2.24) is 24.1 Å². The lowest BCUT2D eigenvalue weighted by Crippen LogP contribution is -2.07. The molecule has 1 aromatic carbocycles. The lowest BCUT2D eigenvalue weighted by molar-refractivity contribution is 0.768. The van der Waals surface area contributed by atoms with E-state index >= 15 is 0 Å². The van der Waals surface area contributed by atoms with Crippen LogP contribution < -0.4 is 5.32 Å². The van der Waals surface area contributed by atoms with Gasteiger partial charge in [-0.1, -0.05) is 25.1 Å². The van der Waals surface area contributed by atoms with Gasteiger partial charge in [-0.2, -0.15) is 5.10 Å². The van der Waals surface area contributed by atoms with Crippen LogP contribution in [0.25, 0.3) is 17.0 Å². The summed E-state index contributed by atoms with van der Waals surface area (Å²) in [4.78, 5) is 9.20. The maximum absolute atomic E-state index is 4.78. The van der Waals surface area contributed by atoms with Crippen molar-refractivity contribution in [2.75, 3.05) is 5.32 Å². The molecule has 0 unspecified atom stereocenters. The van der Waals surface area contributed by atoms with Gasteiger partial charge in [-0.25, -0.2) is 9.97 Å². The molecule has 0 amide bonds. The Morgan fingerprint density at radius 2 is 1.93 bits per heavy atom. The molecular weight excluding hydrogens is 384 g/mol. The van der Waals surface area contributed by atoms with E-state index in [1.54, 1.807) is 11.0 Å². The second-order valence-electron chi connectivity index (χ2n) is 7.28. The Morgan fingerprint density at radius 3 is 2.62 bits per heavy atom. The molecule has 3 aromatic heterocycles. The number of hydrogen-bond acceptors (Lipinski definition) is 4. The van der Waals surface area contributed by atoms with Gasteiger partial charge in [0.05, 0.1) is 11.4 Å². The lowest BCUT2D eigenvalue weighted by atomic mass is 10.00. The number of pyridine rings is 1. The van der Waals surface area contributed by atoms with Gasteiger partial charge >= 0.3 is 0 Å². The molecule has 1 N–H and O–H groups in total. The number of rotatable bonds is 5. The summed E-state index contributed by atoms with van der Waals surface area (Å²) in [6.45, 7) is 9.26. The molecule has 4 aromatic rings. The van der Waals surface area contributed by atoms with Gasteiger partial charge < -0.3 is 9.72 Å². The Morgan fingerprint density at radius 1 is 1.14 bits per heavy atom. The molecule has 0 saturated heterocycles. The minimum atomic E-state index is 0. The highest BCUT2D eigenvalue weighted by Gasteiger charge is 2.14. The molecule has 4 rings (SSSR count). The van der Waals surface area contributed by atoms with Crippen LogP contribution >= 0.6 is 12.4 Å². The van der Waals surface area contributed by atoms with Crippen molar-refractivity contribution in [2.24, 2.45) is 7.05 Å². The Hall–Kier alpha value is -2.86. The molecule has 0 bridgehead atoms. The third-order valence-electron chi connectivity index (χ3n) is 5.40. The summed E-state index contributed by atoms with van der Waals surface area (Å²) in [6, 6.07) is 8.60. The van der Waals surface area contributed by atoms with E-state index in [-0.39, 0.29) is 12.4 Å². The maximum Gasteiger partial charge on any atom is 0.182 e. The summed E-state index contributed by atoms with van der Waals surface area (Å²) in [5, 5.41) is 8.10. The van der Waals surface area contributed by atoms with Crippen molar-refractivity contribution in [3.05, 3.63) is 64.9 Å². The Bertz CT molecular complexity index is 1160. The highest BCUT2D eigenvalue weighted by Crippen LogP contribution is 2.27.